The zero-order chi connectivity index (χ0) is 15.6. The van der Waals surface area contributed by atoms with Crippen molar-refractivity contribution in [3.63, 3.8) is 0 Å². The van der Waals surface area contributed by atoms with Gasteiger partial charge in [0.1, 0.15) is 0 Å². The van der Waals surface area contributed by atoms with Crippen molar-refractivity contribution in [3.05, 3.63) is 47.5 Å². The number of anilines is 1. The zero-order valence-electron chi connectivity index (χ0n) is 11.6. The number of aryl methyl sites for hydroxylation is 1. The van der Waals surface area contributed by atoms with E-state index in [-0.39, 0.29) is 5.91 Å². The Balaban J connectivity index is 2.41. The molecule has 112 valence electrons. The van der Waals surface area contributed by atoms with E-state index in [4.69, 9.17) is 11.6 Å². The molecule has 0 bridgehead atoms. The standard InChI is InChI=1S/C15H14Br2ClNOS/c1-3-8-5-6-11(18)9(4-2)13(8)19-15(20)10-7-12(16)21-14(10)17/h5-7H,3-4H2,1-2H3,(H,19,20). The number of hydrogen-bond acceptors (Lipinski definition) is 2. The summed E-state index contributed by atoms with van der Waals surface area (Å²) in [7, 11) is 0. The number of benzene rings is 1. The molecule has 1 aromatic heterocycles. The molecule has 0 saturated heterocycles. The first kappa shape index (κ1) is 17.0. The summed E-state index contributed by atoms with van der Waals surface area (Å²) in [6.07, 6.45) is 1.62. The van der Waals surface area contributed by atoms with E-state index in [0.29, 0.717) is 10.6 Å². The number of thiophene rings is 1. The van der Waals surface area contributed by atoms with E-state index in [2.05, 4.69) is 44.1 Å². The number of rotatable bonds is 4. The van der Waals surface area contributed by atoms with Gasteiger partial charge in [0.2, 0.25) is 0 Å². The fourth-order valence-corrected chi connectivity index (χ4v) is 5.23. The molecular formula is C15H14Br2ClNOS. The SMILES string of the molecule is CCc1ccc(Cl)c(CC)c1NC(=O)c1cc(Br)sc1Br. The molecule has 0 aliphatic heterocycles. The molecule has 1 N–H and O–H groups in total. The Hall–Kier alpha value is -0.360. The number of amides is 1. The van der Waals surface area contributed by atoms with Crippen LogP contribution in [0, 0.1) is 0 Å². The predicted molar refractivity (Wildman–Crippen MR) is 97.9 cm³/mol. The lowest BCUT2D eigenvalue weighted by Gasteiger charge is -2.15. The second-order valence-corrected chi connectivity index (χ2v) is 8.62. The molecule has 1 heterocycles. The Morgan fingerprint density at radius 1 is 1.29 bits per heavy atom. The van der Waals surface area contributed by atoms with Gasteiger partial charge in [-0.05, 0) is 68.0 Å². The monoisotopic (exact) mass is 449 g/mol. The van der Waals surface area contributed by atoms with Gasteiger partial charge in [0, 0.05) is 10.7 Å². The highest BCUT2D eigenvalue weighted by Gasteiger charge is 2.17. The van der Waals surface area contributed by atoms with E-state index in [1.807, 2.05) is 25.1 Å². The summed E-state index contributed by atoms with van der Waals surface area (Å²) in [4.78, 5) is 12.5. The minimum Gasteiger partial charge on any atom is -0.321 e. The molecule has 1 aromatic carbocycles. The first-order valence-electron chi connectivity index (χ1n) is 6.54. The van der Waals surface area contributed by atoms with Crippen LogP contribution in [0.3, 0.4) is 0 Å². The van der Waals surface area contributed by atoms with E-state index < -0.39 is 0 Å². The minimum atomic E-state index is -0.129. The van der Waals surface area contributed by atoms with Crippen molar-refractivity contribution in [1.29, 1.82) is 0 Å². The fraction of sp³-hybridized carbons (Fsp3) is 0.267. The lowest BCUT2D eigenvalue weighted by atomic mass is 10.0. The molecule has 6 heteroatoms. The van der Waals surface area contributed by atoms with Crippen molar-refractivity contribution in [1.82, 2.24) is 0 Å². The van der Waals surface area contributed by atoms with Crippen molar-refractivity contribution in [3.8, 4) is 0 Å². The van der Waals surface area contributed by atoms with Crippen LogP contribution in [0.25, 0.3) is 0 Å². The molecule has 1 amide bonds. The van der Waals surface area contributed by atoms with Crippen LogP contribution in [0.5, 0.6) is 0 Å². The topological polar surface area (TPSA) is 29.1 Å². The van der Waals surface area contributed by atoms with Gasteiger partial charge in [-0.2, -0.15) is 0 Å². The molecule has 0 atom stereocenters. The van der Waals surface area contributed by atoms with Gasteiger partial charge < -0.3 is 5.32 Å². The molecule has 2 rings (SSSR count). The molecule has 0 unspecified atom stereocenters. The maximum atomic E-state index is 12.5. The summed E-state index contributed by atoms with van der Waals surface area (Å²) in [6, 6.07) is 5.67. The number of hydrogen-bond donors (Lipinski definition) is 1. The fourth-order valence-electron chi connectivity index (χ4n) is 2.14. The minimum absolute atomic E-state index is 0.129. The van der Waals surface area contributed by atoms with Gasteiger partial charge in [-0.1, -0.05) is 31.5 Å². The number of carbonyl (C=O) groups excluding carboxylic acids is 1. The lowest BCUT2D eigenvalue weighted by Crippen LogP contribution is -2.14. The maximum Gasteiger partial charge on any atom is 0.257 e. The van der Waals surface area contributed by atoms with Crippen LogP contribution in [-0.4, -0.2) is 5.91 Å². The molecular weight excluding hydrogens is 437 g/mol. The summed E-state index contributed by atoms with van der Waals surface area (Å²) >= 11 is 14.5. The average Bonchev–Trinajstić information content (AvgIpc) is 2.78. The number of carbonyl (C=O) groups is 1. The van der Waals surface area contributed by atoms with Crippen LogP contribution in [0.2, 0.25) is 5.02 Å². The van der Waals surface area contributed by atoms with Gasteiger partial charge in [-0.15, -0.1) is 11.3 Å². The van der Waals surface area contributed by atoms with Crippen LogP contribution in [0.4, 0.5) is 5.69 Å². The van der Waals surface area contributed by atoms with Crippen molar-refractivity contribution in [2.75, 3.05) is 5.32 Å². The third kappa shape index (κ3) is 3.70. The Morgan fingerprint density at radius 2 is 2.00 bits per heavy atom. The van der Waals surface area contributed by atoms with Crippen molar-refractivity contribution in [2.24, 2.45) is 0 Å². The highest BCUT2D eigenvalue weighted by atomic mass is 79.9. The first-order chi connectivity index (χ1) is 9.97. The Kier molecular flexibility index (Phi) is 5.88. The largest absolute Gasteiger partial charge is 0.321 e. The van der Waals surface area contributed by atoms with Crippen LogP contribution >= 0.6 is 54.8 Å². The summed E-state index contributed by atoms with van der Waals surface area (Å²) in [5, 5.41) is 3.72. The van der Waals surface area contributed by atoms with E-state index in [9.17, 15) is 4.79 Å². The van der Waals surface area contributed by atoms with Crippen LogP contribution in [0.15, 0.2) is 25.8 Å². The molecule has 0 aliphatic rings. The second-order valence-electron chi connectivity index (χ2n) is 4.46. The lowest BCUT2D eigenvalue weighted by molar-refractivity contribution is 0.102. The molecule has 0 spiro atoms. The Bertz CT molecular complexity index is 685. The van der Waals surface area contributed by atoms with Gasteiger partial charge >= 0.3 is 0 Å². The van der Waals surface area contributed by atoms with Crippen molar-refractivity contribution in [2.45, 2.75) is 26.7 Å². The highest BCUT2D eigenvalue weighted by molar-refractivity contribution is 9.12. The zero-order valence-corrected chi connectivity index (χ0v) is 16.3. The smallest absolute Gasteiger partial charge is 0.257 e. The molecule has 0 radical (unpaired) electrons. The summed E-state index contributed by atoms with van der Waals surface area (Å²) in [5.41, 5.74) is 3.53. The quantitative estimate of drug-likeness (QED) is 0.580. The van der Waals surface area contributed by atoms with E-state index in [1.165, 1.54) is 11.3 Å². The van der Waals surface area contributed by atoms with E-state index >= 15 is 0 Å². The average molecular weight is 452 g/mol. The number of halogens is 3. The van der Waals surface area contributed by atoms with E-state index in [1.54, 1.807) is 0 Å². The summed E-state index contributed by atoms with van der Waals surface area (Å²) in [5.74, 6) is -0.129. The number of nitrogens with one attached hydrogen (secondary N) is 1. The molecule has 21 heavy (non-hydrogen) atoms. The third-order valence-corrected chi connectivity index (χ3v) is 5.91. The normalized spacial score (nSPS) is 10.7. The highest BCUT2D eigenvalue weighted by Crippen LogP contribution is 2.34. The van der Waals surface area contributed by atoms with Crippen LogP contribution in [0.1, 0.15) is 35.3 Å². The summed E-state index contributed by atoms with van der Waals surface area (Å²) < 4.78 is 1.72. The van der Waals surface area contributed by atoms with Crippen LogP contribution in [-0.2, 0) is 12.8 Å². The molecule has 2 aromatic rings. The molecule has 0 aliphatic carbocycles. The van der Waals surface area contributed by atoms with Gasteiger partial charge in [-0.3, -0.25) is 4.79 Å². The van der Waals surface area contributed by atoms with Gasteiger partial charge in [0.15, 0.2) is 0 Å². The Morgan fingerprint density at radius 3 is 2.52 bits per heavy atom. The second kappa shape index (κ2) is 7.27. The first-order valence-corrected chi connectivity index (χ1v) is 9.32. The third-order valence-electron chi connectivity index (χ3n) is 3.22. The molecule has 0 saturated carbocycles. The van der Waals surface area contributed by atoms with Gasteiger partial charge in [0.25, 0.3) is 5.91 Å². The van der Waals surface area contributed by atoms with E-state index in [0.717, 1.165) is 37.2 Å². The van der Waals surface area contributed by atoms with Crippen molar-refractivity contribution >= 4 is 66.4 Å². The van der Waals surface area contributed by atoms with Crippen LogP contribution < -0.4 is 5.32 Å². The molecule has 0 fully saturated rings. The molecule has 2 nitrogen and oxygen atoms in total. The van der Waals surface area contributed by atoms with Gasteiger partial charge in [0.05, 0.1) is 13.1 Å². The van der Waals surface area contributed by atoms with Gasteiger partial charge in [-0.25, -0.2) is 0 Å². The summed E-state index contributed by atoms with van der Waals surface area (Å²) in [6.45, 7) is 4.10. The maximum absolute atomic E-state index is 12.5. The van der Waals surface area contributed by atoms with Crippen molar-refractivity contribution < 1.29 is 4.79 Å². The Labute approximate surface area is 150 Å². The predicted octanol–water partition coefficient (Wildman–Crippen LogP) is 6.30.